The first-order valence-corrected chi connectivity index (χ1v) is 11.2. The van der Waals surface area contributed by atoms with Gasteiger partial charge in [0, 0.05) is 49.0 Å². The van der Waals surface area contributed by atoms with E-state index in [0.29, 0.717) is 24.5 Å². The molecule has 1 aliphatic heterocycles. The third-order valence-electron chi connectivity index (χ3n) is 4.66. The predicted octanol–water partition coefficient (Wildman–Crippen LogP) is 2.63. The van der Waals surface area contributed by atoms with Crippen LogP contribution in [0.3, 0.4) is 0 Å². The van der Waals surface area contributed by atoms with Crippen molar-refractivity contribution in [3.05, 3.63) is 43.8 Å². The van der Waals surface area contributed by atoms with Gasteiger partial charge in [0.1, 0.15) is 0 Å². The summed E-state index contributed by atoms with van der Waals surface area (Å²) in [5.41, 5.74) is 0. The average molecular weight is 422 g/mol. The largest absolute Gasteiger partial charge is 0.379 e. The lowest BCUT2D eigenvalue weighted by Crippen LogP contribution is -2.45. The first kappa shape index (κ1) is 21.0. The van der Waals surface area contributed by atoms with Gasteiger partial charge in [-0.15, -0.1) is 22.7 Å². The Kier molecular flexibility index (Phi) is 7.61. The molecule has 28 heavy (non-hydrogen) atoms. The normalized spacial score (nSPS) is 14.8. The molecule has 152 valence electrons. The molecule has 2 aromatic rings. The minimum atomic E-state index is -0.0781. The Bertz CT molecular complexity index is 796. The smallest absolute Gasteiger partial charge is 0.264 e. The van der Waals surface area contributed by atoms with Gasteiger partial charge in [-0.05, 0) is 38.1 Å². The van der Waals surface area contributed by atoms with Crippen LogP contribution in [0, 0.1) is 13.8 Å². The molecule has 8 heteroatoms. The quantitative estimate of drug-likeness (QED) is 0.712. The SMILES string of the molecule is Cc1ccc(C(=O)NCCN(CCN2CCOCC2)C(=O)c2ccc(C)s2)s1. The Labute approximate surface area is 174 Å². The maximum absolute atomic E-state index is 13.0. The zero-order valence-corrected chi connectivity index (χ0v) is 18.0. The molecule has 0 aliphatic carbocycles. The summed E-state index contributed by atoms with van der Waals surface area (Å²) in [5, 5.41) is 2.94. The van der Waals surface area contributed by atoms with Gasteiger partial charge in [0.15, 0.2) is 0 Å². The molecule has 0 aromatic carbocycles. The van der Waals surface area contributed by atoms with E-state index < -0.39 is 0 Å². The molecular weight excluding hydrogens is 394 g/mol. The van der Waals surface area contributed by atoms with E-state index in [9.17, 15) is 9.59 Å². The van der Waals surface area contributed by atoms with Gasteiger partial charge in [-0.25, -0.2) is 0 Å². The Balaban J connectivity index is 1.56. The molecule has 1 fully saturated rings. The standard InChI is InChI=1S/C20H27N3O3S2/c1-15-3-5-17(27-15)19(24)21-7-8-23(10-9-22-11-13-26-14-12-22)20(25)18-6-4-16(2)28-18/h3-6H,7-14H2,1-2H3,(H,21,24). The second-order valence-corrected chi connectivity index (χ2v) is 9.40. The van der Waals surface area contributed by atoms with E-state index in [0.717, 1.165) is 47.5 Å². The number of carbonyl (C=O) groups excluding carboxylic acids is 2. The zero-order valence-electron chi connectivity index (χ0n) is 16.4. The van der Waals surface area contributed by atoms with Crippen LogP contribution < -0.4 is 5.32 Å². The molecule has 1 saturated heterocycles. The molecule has 0 saturated carbocycles. The summed E-state index contributed by atoms with van der Waals surface area (Å²) >= 11 is 2.99. The Morgan fingerprint density at radius 1 is 1.04 bits per heavy atom. The highest BCUT2D eigenvalue weighted by atomic mass is 32.1. The van der Waals surface area contributed by atoms with Crippen molar-refractivity contribution in [1.82, 2.24) is 15.1 Å². The second kappa shape index (κ2) is 10.2. The second-order valence-electron chi connectivity index (χ2n) is 6.82. The van der Waals surface area contributed by atoms with Crippen LogP contribution in [0.5, 0.6) is 0 Å². The van der Waals surface area contributed by atoms with Crippen LogP contribution in [0.25, 0.3) is 0 Å². The van der Waals surface area contributed by atoms with Gasteiger partial charge in [0.05, 0.1) is 23.0 Å². The monoisotopic (exact) mass is 421 g/mol. The number of hydrogen-bond donors (Lipinski definition) is 1. The van der Waals surface area contributed by atoms with Gasteiger partial charge in [-0.2, -0.15) is 0 Å². The number of morpholine rings is 1. The maximum Gasteiger partial charge on any atom is 0.264 e. The molecular formula is C20H27N3O3S2. The number of thiophene rings is 2. The Hall–Kier alpha value is -1.74. The Morgan fingerprint density at radius 3 is 2.29 bits per heavy atom. The van der Waals surface area contributed by atoms with Crippen molar-refractivity contribution in [3.8, 4) is 0 Å². The van der Waals surface area contributed by atoms with Crippen LogP contribution in [0.2, 0.25) is 0 Å². The van der Waals surface area contributed by atoms with Crippen molar-refractivity contribution in [2.24, 2.45) is 0 Å². The zero-order chi connectivity index (χ0) is 19.9. The minimum absolute atomic E-state index is 0.0348. The molecule has 6 nitrogen and oxygen atoms in total. The molecule has 0 spiro atoms. The van der Waals surface area contributed by atoms with Gasteiger partial charge in [0.25, 0.3) is 11.8 Å². The van der Waals surface area contributed by atoms with Gasteiger partial charge >= 0.3 is 0 Å². The highest BCUT2D eigenvalue weighted by Crippen LogP contribution is 2.17. The summed E-state index contributed by atoms with van der Waals surface area (Å²) in [6.45, 7) is 9.66. The number of aryl methyl sites for hydroxylation is 2. The van der Waals surface area contributed by atoms with E-state index in [4.69, 9.17) is 4.74 Å². The highest BCUT2D eigenvalue weighted by Gasteiger charge is 2.19. The van der Waals surface area contributed by atoms with Crippen molar-refractivity contribution in [2.45, 2.75) is 13.8 Å². The van der Waals surface area contributed by atoms with E-state index in [2.05, 4.69) is 10.2 Å². The maximum atomic E-state index is 13.0. The van der Waals surface area contributed by atoms with E-state index in [-0.39, 0.29) is 11.8 Å². The van der Waals surface area contributed by atoms with Gasteiger partial charge in [0.2, 0.25) is 0 Å². The third kappa shape index (κ3) is 5.88. The molecule has 1 N–H and O–H groups in total. The highest BCUT2D eigenvalue weighted by molar-refractivity contribution is 7.14. The minimum Gasteiger partial charge on any atom is -0.379 e. The van der Waals surface area contributed by atoms with Crippen molar-refractivity contribution < 1.29 is 14.3 Å². The van der Waals surface area contributed by atoms with Gasteiger partial charge in [-0.3, -0.25) is 14.5 Å². The van der Waals surface area contributed by atoms with Crippen LogP contribution in [-0.4, -0.2) is 74.1 Å². The van der Waals surface area contributed by atoms with Crippen LogP contribution in [-0.2, 0) is 4.74 Å². The number of hydrogen-bond acceptors (Lipinski definition) is 6. The first-order chi connectivity index (χ1) is 13.5. The van der Waals surface area contributed by atoms with E-state index in [1.165, 1.54) is 22.7 Å². The number of rotatable bonds is 8. The number of nitrogens with one attached hydrogen (secondary N) is 1. The third-order valence-corrected chi connectivity index (χ3v) is 6.65. The first-order valence-electron chi connectivity index (χ1n) is 9.53. The van der Waals surface area contributed by atoms with Gasteiger partial charge in [-0.1, -0.05) is 0 Å². The van der Waals surface area contributed by atoms with E-state index in [1.54, 1.807) is 0 Å². The summed E-state index contributed by atoms with van der Waals surface area (Å²) < 4.78 is 5.39. The molecule has 2 aromatic heterocycles. The van der Waals surface area contributed by atoms with Crippen molar-refractivity contribution in [3.63, 3.8) is 0 Å². The van der Waals surface area contributed by atoms with Crippen molar-refractivity contribution >= 4 is 34.5 Å². The molecule has 0 bridgehead atoms. The van der Waals surface area contributed by atoms with Crippen molar-refractivity contribution in [1.29, 1.82) is 0 Å². The fourth-order valence-corrected chi connectivity index (χ4v) is 4.67. The lowest BCUT2D eigenvalue weighted by molar-refractivity contribution is 0.0326. The number of carbonyl (C=O) groups is 2. The summed E-state index contributed by atoms with van der Waals surface area (Å²) in [6, 6.07) is 7.64. The lowest BCUT2D eigenvalue weighted by atomic mass is 10.3. The van der Waals surface area contributed by atoms with E-state index in [1.807, 2.05) is 43.0 Å². The predicted molar refractivity (Wildman–Crippen MR) is 114 cm³/mol. The van der Waals surface area contributed by atoms with E-state index >= 15 is 0 Å². The summed E-state index contributed by atoms with van der Waals surface area (Å²) in [5.74, 6) is -0.0433. The molecule has 2 amide bonds. The number of amides is 2. The molecule has 0 unspecified atom stereocenters. The molecule has 3 heterocycles. The number of nitrogens with zero attached hydrogens (tertiary/aromatic N) is 2. The fourth-order valence-electron chi connectivity index (χ4n) is 3.06. The topological polar surface area (TPSA) is 61.9 Å². The molecule has 0 radical (unpaired) electrons. The van der Waals surface area contributed by atoms with Gasteiger partial charge < -0.3 is 15.0 Å². The molecule has 0 atom stereocenters. The Morgan fingerprint density at radius 2 is 1.68 bits per heavy atom. The summed E-state index contributed by atoms with van der Waals surface area (Å²) in [4.78, 5) is 33.1. The number of ether oxygens (including phenoxy) is 1. The van der Waals surface area contributed by atoms with Crippen LogP contribution >= 0.6 is 22.7 Å². The summed E-state index contributed by atoms with van der Waals surface area (Å²) in [7, 11) is 0. The van der Waals surface area contributed by atoms with Crippen LogP contribution in [0.1, 0.15) is 29.1 Å². The average Bonchev–Trinajstić information content (AvgIpc) is 3.33. The van der Waals surface area contributed by atoms with Crippen molar-refractivity contribution in [2.75, 3.05) is 52.5 Å². The van der Waals surface area contributed by atoms with Crippen LogP contribution in [0.4, 0.5) is 0 Å². The summed E-state index contributed by atoms with van der Waals surface area (Å²) in [6.07, 6.45) is 0. The molecule has 1 aliphatic rings. The lowest BCUT2D eigenvalue weighted by Gasteiger charge is -2.30. The molecule has 3 rings (SSSR count). The fraction of sp³-hybridized carbons (Fsp3) is 0.500. The van der Waals surface area contributed by atoms with Crippen LogP contribution in [0.15, 0.2) is 24.3 Å².